The van der Waals surface area contributed by atoms with Gasteiger partial charge >= 0.3 is 12.1 Å². The molecule has 102 valence electrons. The zero-order chi connectivity index (χ0) is 15.3. The number of allylic oxidation sites excluding steroid dienone is 1. The van der Waals surface area contributed by atoms with Gasteiger partial charge < -0.3 is 10.4 Å². The number of aromatic carboxylic acids is 1. The molecule has 0 aliphatic carbocycles. The van der Waals surface area contributed by atoms with Gasteiger partial charge in [0.2, 0.25) is 0 Å². The number of carboxylic acid groups (broad SMARTS) is 1. The molecule has 0 unspecified atom stereocenters. The van der Waals surface area contributed by atoms with Gasteiger partial charge in [0.1, 0.15) is 17.7 Å². The van der Waals surface area contributed by atoms with Crippen LogP contribution in [-0.4, -0.2) is 11.1 Å². The largest absolute Gasteiger partial charge is 0.478 e. The lowest BCUT2D eigenvalue weighted by atomic mass is 10.1. The van der Waals surface area contributed by atoms with Crippen molar-refractivity contribution in [3.05, 3.63) is 41.1 Å². The van der Waals surface area contributed by atoms with Crippen molar-refractivity contribution in [2.24, 2.45) is 0 Å². The number of carboxylic acids is 1. The van der Waals surface area contributed by atoms with Gasteiger partial charge in [-0.15, -0.1) is 0 Å². The summed E-state index contributed by atoms with van der Waals surface area (Å²) in [6.07, 6.45) is -4.06. The van der Waals surface area contributed by atoms with Crippen LogP contribution in [0.3, 0.4) is 0 Å². The lowest BCUT2D eigenvalue weighted by molar-refractivity contribution is -0.136. The summed E-state index contributed by atoms with van der Waals surface area (Å²) in [6.45, 7) is 0. The topological polar surface area (TPSA) is 96.9 Å². The minimum atomic E-state index is -4.78. The number of nitrogens with zero attached hydrogens (tertiary/aromatic N) is 2. The van der Waals surface area contributed by atoms with Crippen molar-refractivity contribution < 1.29 is 23.1 Å². The van der Waals surface area contributed by atoms with E-state index in [4.69, 9.17) is 15.6 Å². The molecular weight excluding hydrogens is 275 g/mol. The third kappa shape index (κ3) is 3.27. The molecular formula is C12H6F3N3O2. The van der Waals surface area contributed by atoms with Crippen LogP contribution < -0.4 is 5.32 Å². The molecule has 1 rings (SSSR count). The Morgan fingerprint density at radius 3 is 2.35 bits per heavy atom. The molecule has 0 radical (unpaired) electrons. The summed E-state index contributed by atoms with van der Waals surface area (Å²) in [6, 6.07) is 5.50. The van der Waals surface area contributed by atoms with Gasteiger partial charge in [0.15, 0.2) is 0 Å². The molecule has 0 saturated heterocycles. The average Bonchev–Trinajstić information content (AvgIpc) is 2.38. The molecule has 1 aromatic carbocycles. The summed E-state index contributed by atoms with van der Waals surface area (Å²) < 4.78 is 38.4. The number of benzene rings is 1. The summed E-state index contributed by atoms with van der Waals surface area (Å²) in [7, 11) is 0. The third-order valence-corrected chi connectivity index (χ3v) is 2.20. The molecule has 0 spiro atoms. The normalized spacial score (nSPS) is 10.1. The van der Waals surface area contributed by atoms with E-state index in [1.807, 2.05) is 0 Å². The van der Waals surface area contributed by atoms with Crippen molar-refractivity contribution in [1.29, 1.82) is 10.5 Å². The Balaban J connectivity index is 3.42. The molecule has 0 heterocycles. The number of nitriles is 2. The maximum atomic E-state index is 12.8. The monoisotopic (exact) mass is 281 g/mol. The first-order valence-corrected chi connectivity index (χ1v) is 5.01. The second-order valence-corrected chi connectivity index (χ2v) is 3.46. The molecule has 1 aromatic rings. The molecule has 0 atom stereocenters. The third-order valence-electron chi connectivity index (χ3n) is 2.20. The molecule has 0 aliphatic heterocycles. The predicted molar refractivity (Wildman–Crippen MR) is 61.3 cm³/mol. The molecule has 2 N–H and O–H groups in total. The van der Waals surface area contributed by atoms with Crippen molar-refractivity contribution in [1.82, 2.24) is 0 Å². The number of alkyl halides is 3. The predicted octanol–water partition coefficient (Wildman–Crippen LogP) is 2.75. The molecule has 0 saturated carbocycles. The van der Waals surface area contributed by atoms with Gasteiger partial charge in [-0.05, 0) is 12.1 Å². The van der Waals surface area contributed by atoms with Crippen LogP contribution in [0.1, 0.15) is 15.9 Å². The van der Waals surface area contributed by atoms with Gasteiger partial charge in [-0.1, -0.05) is 6.07 Å². The second-order valence-electron chi connectivity index (χ2n) is 3.46. The highest BCUT2D eigenvalue weighted by Gasteiger charge is 2.35. The fraction of sp³-hybridized carbons (Fsp3) is 0.0833. The highest BCUT2D eigenvalue weighted by molar-refractivity contribution is 5.95. The Labute approximate surface area is 111 Å². The van der Waals surface area contributed by atoms with Crippen LogP contribution in [0.2, 0.25) is 0 Å². The maximum Gasteiger partial charge on any atom is 0.418 e. The first-order valence-electron chi connectivity index (χ1n) is 5.01. The Morgan fingerprint density at radius 1 is 1.30 bits per heavy atom. The van der Waals surface area contributed by atoms with E-state index in [1.165, 1.54) is 12.1 Å². The van der Waals surface area contributed by atoms with E-state index in [-0.39, 0.29) is 0 Å². The number of rotatable bonds is 3. The number of hydrogen-bond acceptors (Lipinski definition) is 4. The number of hydrogen-bond donors (Lipinski definition) is 2. The molecule has 0 fully saturated rings. The van der Waals surface area contributed by atoms with Crippen LogP contribution in [-0.2, 0) is 6.18 Å². The highest BCUT2D eigenvalue weighted by atomic mass is 19.4. The number of anilines is 1. The minimum absolute atomic E-state index is 0.488. The van der Waals surface area contributed by atoms with E-state index in [1.54, 1.807) is 0 Å². The molecule has 20 heavy (non-hydrogen) atoms. The Hall–Kier alpha value is -3.00. The molecule has 5 nitrogen and oxygen atoms in total. The number of para-hydroxylation sites is 1. The van der Waals surface area contributed by atoms with Crippen LogP contribution in [0, 0.1) is 22.7 Å². The Morgan fingerprint density at radius 2 is 1.90 bits per heavy atom. The first kappa shape index (κ1) is 15.1. The van der Waals surface area contributed by atoms with E-state index < -0.39 is 34.5 Å². The fourth-order valence-electron chi connectivity index (χ4n) is 1.36. The van der Waals surface area contributed by atoms with Crippen molar-refractivity contribution in [3.8, 4) is 12.1 Å². The lowest BCUT2D eigenvalue weighted by Crippen LogP contribution is -2.12. The molecule has 0 aromatic heterocycles. The van der Waals surface area contributed by atoms with Crippen molar-refractivity contribution in [2.45, 2.75) is 6.18 Å². The standard InChI is InChI=1S/C12H6F3N3O2/c13-12(14,15)9-3-1-2-8(11(19)20)10(9)18-6-7(4-16)5-17/h1-3,6,18H,(H,19,20). The molecule has 0 aliphatic rings. The number of carbonyl (C=O) groups is 1. The van der Waals surface area contributed by atoms with Crippen LogP contribution >= 0.6 is 0 Å². The second kappa shape index (κ2) is 5.76. The quantitative estimate of drug-likeness (QED) is 0.830. The molecule has 0 amide bonds. The summed E-state index contributed by atoms with van der Waals surface area (Å²) in [5, 5.41) is 27.9. The van der Waals surface area contributed by atoms with Gasteiger partial charge in [-0.2, -0.15) is 23.7 Å². The van der Waals surface area contributed by atoms with Gasteiger partial charge in [-0.25, -0.2) is 4.79 Å². The number of halogens is 3. The summed E-state index contributed by atoms with van der Waals surface area (Å²) in [5.41, 5.74) is -3.04. The highest BCUT2D eigenvalue weighted by Crippen LogP contribution is 2.36. The Bertz CT molecular complexity index is 635. The van der Waals surface area contributed by atoms with Crippen LogP contribution in [0.25, 0.3) is 0 Å². The van der Waals surface area contributed by atoms with Crippen molar-refractivity contribution >= 4 is 11.7 Å². The Kier molecular flexibility index (Phi) is 4.34. The smallest absolute Gasteiger partial charge is 0.418 e. The zero-order valence-corrected chi connectivity index (χ0v) is 9.69. The fourth-order valence-corrected chi connectivity index (χ4v) is 1.36. The van der Waals surface area contributed by atoms with Crippen LogP contribution in [0.4, 0.5) is 18.9 Å². The van der Waals surface area contributed by atoms with Crippen molar-refractivity contribution in [2.75, 3.05) is 5.32 Å². The maximum absolute atomic E-state index is 12.8. The van der Waals surface area contributed by atoms with Crippen LogP contribution in [0.5, 0.6) is 0 Å². The van der Waals surface area contributed by atoms with Crippen molar-refractivity contribution in [3.63, 3.8) is 0 Å². The molecule has 0 bridgehead atoms. The summed E-state index contributed by atoms with van der Waals surface area (Å²) in [4.78, 5) is 10.9. The van der Waals surface area contributed by atoms with Gasteiger partial charge in [0.05, 0.1) is 16.8 Å². The van der Waals surface area contributed by atoms with E-state index in [0.29, 0.717) is 6.07 Å². The lowest BCUT2D eigenvalue weighted by Gasteiger charge is -2.14. The van der Waals surface area contributed by atoms with E-state index >= 15 is 0 Å². The summed E-state index contributed by atoms with van der Waals surface area (Å²) >= 11 is 0. The zero-order valence-electron chi connectivity index (χ0n) is 9.69. The first-order chi connectivity index (χ1) is 9.31. The SMILES string of the molecule is N#CC(C#N)=CNc1c(C(=O)O)cccc1C(F)(F)F. The van der Waals surface area contributed by atoms with Gasteiger partial charge in [0.25, 0.3) is 0 Å². The van der Waals surface area contributed by atoms with Gasteiger partial charge in [-0.3, -0.25) is 0 Å². The number of nitrogens with one attached hydrogen (secondary N) is 1. The molecule has 8 heteroatoms. The summed E-state index contributed by atoms with van der Waals surface area (Å²) in [5.74, 6) is -1.57. The van der Waals surface area contributed by atoms with Gasteiger partial charge in [0, 0.05) is 6.20 Å². The minimum Gasteiger partial charge on any atom is -0.478 e. The van der Waals surface area contributed by atoms with E-state index in [0.717, 1.165) is 18.3 Å². The van der Waals surface area contributed by atoms with E-state index in [2.05, 4.69) is 5.32 Å². The van der Waals surface area contributed by atoms with E-state index in [9.17, 15) is 18.0 Å². The van der Waals surface area contributed by atoms with Crippen LogP contribution in [0.15, 0.2) is 30.0 Å². The average molecular weight is 281 g/mol.